The summed E-state index contributed by atoms with van der Waals surface area (Å²) in [6.45, 7) is 6.20. The zero-order valence-electron chi connectivity index (χ0n) is 14.6. The van der Waals surface area contributed by atoms with E-state index in [1.165, 1.54) is 27.8 Å². The van der Waals surface area contributed by atoms with Gasteiger partial charge < -0.3 is 5.73 Å². The molecule has 0 bridgehead atoms. The Kier molecular flexibility index (Phi) is 5.39. The summed E-state index contributed by atoms with van der Waals surface area (Å²) in [6.07, 6.45) is 3.19. The number of benzene rings is 1. The van der Waals surface area contributed by atoms with Gasteiger partial charge in [0.25, 0.3) is 0 Å². The second kappa shape index (κ2) is 7.54. The van der Waals surface area contributed by atoms with Crippen LogP contribution < -0.4 is 5.73 Å². The number of hydrogen-bond acceptors (Lipinski definition) is 5. The molecule has 1 amide bonds. The second-order valence-electron chi connectivity index (χ2n) is 5.90. The molecule has 1 atom stereocenters. The SMILES string of the molecule is CCc1sc2ncnc(SC(CC)C(N)=O)c2c1-c1ccc(C)cc1. The minimum atomic E-state index is -0.304. The normalized spacial score (nSPS) is 12.4. The Morgan fingerprint density at radius 2 is 1.96 bits per heavy atom. The molecule has 2 aromatic heterocycles. The minimum Gasteiger partial charge on any atom is -0.369 e. The van der Waals surface area contributed by atoms with Crippen molar-refractivity contribution >= 4 is 39.2 Å². The van der Waals surface area contributed by atoms with Crippen LogP contribution in [-0.2, 0) is 11.2 Å². The van der Waals surface area contributed by atoms with E-state index in [0.717, 1.165) is 27.2 Å². The number of hydrogen-bond donors (Lipinski definition) is 1. The molecule has 2 heterocycles. The number of carbonyl (C=O) groups is 1. The molecule has 0 saturated carbocycles. The lowest BCUT2D eigenvalue weighted by molar-refractivity contribution is -0.117. The van der Waals surface area contributed by atoms with Crippen LogP contribution in [0.15, 0.2) is 35.6 Å². The highest BCUT2D eigenvalue weighted by Crippen LogP contribution is 2.43. The van der Waals surface area contributed by atoms with Crippen LogP contribution in [0.5, 0.6) is 0 Å². The standard InChI is InChI=1S/C19H21N3OS2/c1-4-13-15(12-8-6-11(3)7-9-12)16-18(24-13)21-10-22-19(16)25-14(5-2)17(20)23/h6-10,14H,4-5H2,1-3H3,(H2,20,23). The van der Waals surface area contributed by atoms with Gasteiger partial charge >= 0.3 is 0 Å². The number of aromatic nitrogens is 2. The maximum absolute atomic E-state index is 11.7. The number of rotatable bonds is 6. The van der Waals surface area contributed by atoms with Crippen LogP contribution >= 0.6 is 23.1 Å². The van der Waals surface area contributed by atoms with Crippen molar-refractivity contribution in [2.45, 2.75) is 43.9 Å². The van der Waals surface area contributed by atoms with Crippen molar-refractivity contribution in [2.75, 3.05) is 0 Å². The summed E-state index contributed by atoms with van der Waals surface area (Å²) in [5.74, 6) is -0.304. The minimum absolute atomic E-state index is 0.283. The molecule has 3 aromatic rings. The van der Waals surface area contributed by atoms with E-state index >= 15 is 0 Å². The van der Waals surface area contributed by atoms with Crippen LogP contribution in [0.2, 0.25) is 0 Å². The average Bonchev–Trinajstić information content (AvgIpc) is 2.99. The van der Waals surface area contributed by atoms with Gasteiger partial charge in [-0.2, -0.15) is 0 Å². The highest BCUT2D eigenvalue weighted by atomic mass is 32.2. The summed E-state index contributed by atoms with van der Waals surface area (Å²) in [6, 6.07) is 8.52. The van der Waals surface area contributed by atoms with Crippen molar-refractivity contribution in [3.63, 3.8) is 0 Å². The molecular formula is C19H21N3OS2. The first kappa shape index (κ1) is 17.9. The summed E-state index contributed by atoms with van der Waals surface area (Å²) in [4.78, 5) is 22.9. The zero-order valence-corrected chi connectivity index (χ0v) is 16.2. The van der Waals surface area contributed by atoms with E-state index < -0.39 is 0 Å². The van der Waals surface area contributed by atoms with Crippen molar-refractivity contribution in [2.24, 2.45) is 5.73 Å². The first-order chi connectivity index (χ1) is 12.0. The number of amides is 1. The van der Waals surface area contributed by atoms with E-state index in [9.17, 15) is 4.79 Å². The Hall–Kier alpha value is -1.92. The van der Waals surface area contributed by atoms with Crippen molar-refractivity contribution in [1.82, 2.24) is 9.97 Å². The molecule has 0 aliphatic carbocycles. The molecule has 130 valence electrons. The monoisotopic (exact) mass is 371 g/mol. The second-order valence-corrected chi connectivity index (χ2v) is 8.17. The molecule has 25 heavy (non-hydrogen) atoms. The van der Waals surface area contributed by atoms with Gasteiger partial charge in [0.1, 0.15) is 16.2 Å². The van der Waals surface area contributed by atoms with Crippen LogP contribution in [0, 0.1) is 6.92 Å². The van der Waals surface area contributed by atoms with Gasteiger partial charge in [0.2, 0.25) is 5.91 Å². The summed E-state index contributed by atoms with van der Waals surface area (Å²) < 4.78 is 0. The summed E-state index contributed by atoms with van der Waals surface area (Å²) in [5, 5.41) is 1.59. The van der Waals surface area contributed by atoms with Gasteiger partial charge in [0, 0.05) is 10.4 Å². The van der Waals surface area contributed by atoms with Crippen molar-refractivity contribution in [3.8, 4) is 11.1 Å². The number of nitrogens with zero attached hydrogens (tertiary/aromatic N) is 2. The third kappa shape index (κ3) is 3.55. The highest BCUT2D eigenvalue weighted by Gasteiger charge is 2.22. The smallest absolute Gasteiger partial charge is 0.230 e. The maximum Gasteiger partial charge on any atom is 0.230 e. The summed E-state index contributed by atoms with van der Waals surface area (Å²) in [5.41, 5.74) is 9.11. The van der Waals surface area contributed by atoms with E-state index in [2.05, 4.69) is 48.1 Å². The number of primary amides is 1. The van der Waals surface area contributed by atoms with Gasteiger partial charge in [-0.25, -0.2) is 9.97 Å². The maximum atomic E-state index is 11.7. The van der Waals surface area contributed by atoms with Crippen LogP contribution in [0.3, 0.4) is 0 Å². The van der Waals surface area contributed by atoms with Crippen molar-refractivity contribution in [3.05, 3.63) is 41.0 Å². The van der Waals surface area contributed by atoms with Gasteiger partial charge in [-0.05, 0) is 25.3 Å². The van der Waals surface area contributed by atoms with E-state index in [0.29, 0.717) is 6.42 Å². The molecule has 0 saturated heterocycles. The number of aryl methyl sites for hydroxylation is 2. The molecule has 0 aliphatic rings. The van der Waals surface area contributed by atoms with Gasteiger partial charge in [-0.3, -0.25) is 4.79 Å². The van der Waals surface area contributed by atoms with Crippen LogP contribution in [0.4, 0.5) is 0 Å². The molecule has 6 heteroatoms. The Bertz CT molecular complexity index is 903. The Balaban J connectivity index is 2.21. The summed E-state index contributed by atoms with van der Waals surface area (Å²) >= 11 is 3.14. The molecule has 3 rings (SSSR count). The Morgan fingerprint density at radius 1 is 1.24 bits per heavy atom. The molecule has 0 fully saturated rings. The van der Waals surface area contributed by atoms with Crippen molar-refractivity contribution in [1.29, 1.82) is 0 Å². The predicted octanol–water partition coefficient (Wildman–Crippen LogP) is 4.59. The van der Waals surface area contributed by atoms with Crippen LogP contribution in [0.1, 0.15) is 30.7 Å². The zero-order chi connectivity index (χ0) is 18.0. The Labute approximate surface area is 155 Å². The van der Waals surface area contributed by atoms with Gasteiger partial charge in [0.15, 0.2) is 0 Å². The van der Waals surface area contributed by atoms with Crippen molar-refractivity contribution < 1.29 is 4.79 Å². The quantitative estimate of drug-likeness (QED) is 0.508. The fourth-order valence-corrected chi connectivity index (χ4v) is 4.94. The molecule has 2 N–H and O–H groups in total. The lowest BCUT2D eigenvalue weighted by Crippen LogP contribution is -2.24. The molecule has 0 radical (unpaired) electrons. The average molecular weight is 372 g/mol. The fraction of sp³-hybridized carbons (Fsp3) is 0.316. The van der Waals surface area contributed by atoms with E-state index in [1.807, 2.05) is 6.92 Å². The first-order valence-corrected chi connectivity index (χ1v) is 10.0. The molecule has 0 spiro atoms. The number of nitrogens with two attached hydrogens (primary N) is 1. The van der Waals surface area contributed by atoms with E-state index in [1.54, 1.807) is 17.7 Å². The lowest BCUT2D eigenvalue weighted by Gasteiger charge is -2.11. The topological polar surface area (TPSA) is 68.9 Å². The molecular weight excluding hydrogens is 350 g/mol. The summed E-state index contributed by atoms with van der Waals surface area (Å²) in [7, 11) is 0. The highest BCUT2D eigenvalue weighted by molar-refractivity contribution is 8.00. The fourth-order valence-electron chi connectivity index (χ4n) is 2.79. The van der Waals surface area contributed by atoms with Gasteiger partial charge in [0.05, 0.1) is 10.6 Å². The molecule has 1 aromatic carbocycles. The van der Waals surface area contributed by atoms with E-state index in [4.69, 9.17) is 5.73 Å². The number of fused-ring (bicyclic) bond motifs is 1. The van der Waals surface area contributed by atoms with Gasteiger partial charge in [-0.1, -0.05) is 55.4 Å². The third-order valence-corrected chi connectivity index (χ3v) is 6.75. The van der Waals surface area contributed by atoms with Crippen LogP contribution in [-0.4, -0.2) is 21.1 Å². The number of carbonyl (C=O) groups excluding carboxylic acids is 1. The first-order valence-electron chi connectivity index (χ1n) is 8.34. The molecule has 1 unspecified atom stereocenters. The largest absolute Gasteiger partial charge is 0.369 e. The van der Waals surface area contributed by atoms with Gasteiger partial charge in [-0.15, -0.1) is 11.3 Å². The molecule has 0 aliphatic heterocycles. The predicted molar refractivity (Wildman–Crippen MR) is 106 cm³/mol. The lowest BCUT2D eigenvalue weighted by atomic mass is 10.0. The molecule has 4 nitrogen and oxygen atoms in total. The third-order valence-electron chi connectivity index (χ3n) is 4.13. The Morgan fingerprint density at radius 3 is 2.56 bits per heavy atom. The number of thiophene rings is 1. The van der Waals surface area contributed by atoms with Crippen LogP contribution in [0.25, 0.3) is 21.3 Å². The number of thioether (sulfide) groups is 1. The van der Waals surface area contributed by atoms with E-state index in [-0.39, 0.29) is 11.2 Å².